The second-order valence-electron chi connectivity index (χ2n) is 6.77. The van der Waals surface area contributed by atoms with Crippen LogP contribution < -0.4 is 4.90 Å². The van der Waals surface area contributed by atoms with Gasteiger partial charge in [0.05, 0.1) is 6.04 Å². The van der Waals surface area contributed by atoms with E-state index in [4.69, 9.17) is 4.52 Å². The number of piperazine rings is 1. The van der Waals surface area contributed by atoms with E-state index in [1.807, 2.05) is 18.3 Å². The quantitative estimate of drug-likeness (QED) is 0.699. The molecule has 6 nitrogen and oxygen atoms in total. The smallest absolute Gasteiger partial charge is 0.244 e. The third-order valence-corrected chi connectivity index (χ3v) is 5.82. The Morgan fingerprint density at radius 3 is 2.46 bits per heavy atom. The van der Waals surface area contributed by atoms with E-state index in [0.29, 0.717) is 11.7 Å². The highest BCUT2D eigenvalue weighted by Gasteiger charge is 2.26. The van der Waals surface area contributed by atoms with Crippen molar-refractivity contribution in [1.82, 2.24) is 20.0 Å². The summed E-state index contributed by atoms with van der Waals surface area (Å²) in [5.74, 6) is 1.34. The average molecular weight is 369 g/mol. The minimum absolute atomic E-state index is 0.113. The topological polar surface area (TPSA) is 58.3 Å². The van der Waals surface area contributed by atoms with Crippen LogP contribution in [0.1, 0.15) is 29.3 Å². The number of aryl methyl sites for hydroxylation is 2. The lowest BCUT2D eigenvalue weighted by molar-refractivity contribution is 0.164. The maximum absolute atomic E-state index is 5.55. The van der Waals surface area contributed by atoms with Crippen LogP contribution in [0, 0.1) is 13.8 Å². The van der Waals surface area contributed by atoms with Crippen LogP contribution in [0.2, 0.25) is 0 Å². The molecule has 0 saturated carbocycles. The molecule has 0 amide bonds. The summed E-state index contributed by atoms with van der Waals surface area (Å²) in [5.41, 5.74) is 2.21. The fraction of sp³-hybridized carbons (Fsp3) is 0.421. The maximum atomic E-state index is 5.55. The van der Waals surface area contributed by atoms with Gasteiger partial charge in [-0.2, -0.15) is 4.98 Å². The fourth-order valence-electron chi connectivity index (χ4n) is 3.17. The van der Waals surface area contributed by atoms with Crippen LogP contribution in [0.5, 0.6) is 0 Å². The summed E-state index contributed by atoms with van der Waals surface area (Å²) in [5, 5.41) is 5.29. The first-order valence-corrected chi connectivity index (χ1v) is 9.74. The maximum Gasteiger partial charge on any atom is 0.244 e. The van der Waals surface area contributed by atoms with E-state index in [0.717, 1.165) is 36.9 Å². The predicted octanol–water partition coefficient (Wildman–Crippen LogP) is 3.69. The SMILES string of the molecule is Cc1ccc(-c2noc(C(C)N3CCN(c4ncc(C)s4)CC3)n2)cc1. The van der Waals surface area contributed by atoms with Gasteiger partial charge in [0.1, 0.15) is 0 Å². The molecular formula is C19H23N5OS. The molecule has 0 N–H and O–H groups in total. The zero-order chi connectivity index (χ0) is 18.1. The Morgan fingerprint density at radius 1 is 1.08 bits per heavy atom. The Kier molecular flexibility index (Phi) is 4.74. The summed E-state index contributed by atoms with van der Waals surface area (Å²) in [7, 11) is 0. The van der Waals surface area contributed by atoms with Crippen LogP contribution in [0.15, 0.2) is 35.0 Å². The van der Waals surface area contributed by atoms with E-state index in [1.165, 1.54) is 10.4 Å². The van der Waals surface area contributed by atoms with E-state index in [-0.39, 0.29) is 6.04 Å². The standard InChI is InChI=1S/C19H23N5OS/c1-13-4-6-16(7-5-13)17-21-18(25-22-17)15(3)23-8-10-24(11-9-23)19-20-12-14(2)26-19/h4-7,12,15H,8-11H2,1-3H3. The number of hydrogen-bond acceptors (Lipinski definition) is 7. The molecule has 3 heterocycles. The van der Waals surface area contributed by atoms with Crippen LogP contribution in [0.3, 0.4) is 0 Å². The van der Waals surface area contributed by atoms with E-state index >= 15 is 0 Å². The molecule has 3 aromatic rings. The Balaban J connectivity index is 1.41. The lowest BCUT2D eigenvalue weighted by atomic mass is 10.1. The zero-order valence-corrected chi connectivity index (χ0v) is 16.2. The van der Waals surface area contributed by atoms with Crippen molar-refractivity contribution in [3.8, 4) is 11.4 Å². The molecule has 1 aliphatic rings. The minimum Gasteiger partial charge on any atom is -0.346 e. The van der Waals surface area contributed by atoms with Gasteiger partial charge in [-0.3, -0.25) is 4.90 Å². The number of aromatic nitrogens is 3. The van der Waals surface area contributed by atoms with Crippen LogP contribution in [-0.2, 0) is 0 Å². The fourth-order valence-corrected chi connectivity index (χ4v) is 3.98. The van der Waals surface area contributed by atoms with Crippen molar-refractivity contribution in [3.05, 3.63) is 46.8 Å². The van der Waals surface area contributed by atoms with Gasteiger partial charge in [0.15, 0.2) is 5.13 Å². The number of nitrogens with zero attached hydrogens (tertiary/aromatic N) is 5. The van der Waals surface area contributed by atoms with Crippen molar-refractivity contribution >= 4 is 16.5 Å². The second-order valence-corrected chi connectivity index (χ2v) is 7.99. The van der Waals surface area contributed by atoms with Gasteiger partial charge in [-0.25, -0.2) is 4.98 Å². The monoisotopic (exact) mass is 369 g/mol. The lowest BCUT2D eigenvalue weighted by Crippen LogP contribution is -2.47. The molecule has 0 bridgehead atoms. The van der Waals surface area contributed by atoms with E-state index in [9.17, 15) is 0 Å². The van der Waals surface area contributed by atoms with Crippen LogP contribution in [-0.4, -0.2) is 46.2 Å². The number of thiazole rings is 1. The Labute approximate surface area is 157 Å². The minimum atomic E-state index is 0.113. The molecule has 1 aromatic carbocycles. The van der Waals surface area contributed by atoms with Crippen molar-refractivity contribution in [2.24, 2.45) is 0 Å². The zero-order valence-electron chi connectivity index (χ0n) is 15.3. The summed E-state index contributed by atoms with van der Waals surface area (Å²) in [6, 6.07) is 8.30. The Bertz CT molecular complexity index is 864. The molecule has 136 valence electrons. The van der Waals surface area contributed by atoms with Crippen molar-refractivity contribution in [3.63, 3.8) is 0 Å². The molecule has 7 heteroatoms. The Hall–Kier alpha value is -2.25. The first-order chi connectivity index (χ1) is 12.6. The first kappa shape index (κ1) is 17.2. The van der Waals surface area contributed by atoms with Gasteiger partial charge in [0.2, 0.25) is 11.7 Å². The molecular weight excluding hydrogens is 346 g/mol. The van der Waals surface area contributed by atoms with Gasteiger partial charge in [-0.1, -0.05) is 35.0 Å². The highest BCUT2D eigenvalue weighted by molar-refractivity contribution is 7.15. The van der Waals surface area contributed by atoms with Crippen LogP contribution >= 0.6 is 11.3 Å². The molecule has 0 radical (unpaired) electrons. The number of benzene rings is 1. The van der Waals surface area contributed by atoms with Gasteiger partial charge in [-0.15, -0.1) is 11.3 Å². The summed E-state index contributed by atoms with van der Waals surface area (Å²) >= 11 is 1.76. The third-order valence-electron chi connectivity index (χ3n) is 4.85. The van der Waals surface area contributed by atoms with Gasteiger partial charge in [0, 0.05) is 42.8 Å². The molecule has 26 heavy (non-hydrogen) atoms. The van der Waals surface area contributed by atoms with Gasteiger partial charge in [0.25, 0.3) is 0 Å². The van der Waals surface area contributed by atoms with Gasteiger partial charge in [-0.05, 0) is 20.8 Å². The number of hydrogen-bond donors (Lipinski definition) is 0. The van der Waals surface area contributed by atoms with Gasteiger partial charge >= 0.3 is 0 Å². The summed E-state index contributed by atoms with van der Waals surface area (Å²) in [4.78, 5) is 15.1. The van der Waals surface area contributed by atoms with Crippen molar-refractivity contribution < 1.29 is 4.52 Å². The molecule has 1 atom stereocenters. The highest BCUT2D eigenvalue weighted by Crippen LogP contribution is 2.27. The normalized spacial score (nSPS) is 16.8. The number of anilines is 1. The molecule has 1 aliphatic heterocycles. The largest absolute Gasteiger partial charge is 0.346 e. The van der Waals surface area contributed by atoms with E-state index in [2.05, 4.69) is 57.8 Å². The molecule has 0 spiro atoms. The predicted molar refractivity (Wildman–Crippen MR) is 104 cm³/mol. The molecule has 4 rings (SSSR count). The Morgan fingerprint density at radius 2 is 1.81 bits per heavy atom. The van der Waals surface area contributed by atoms with Crippen molar-refractivity contribution in [2.45, 2.75) is 26.8 Å². The summed E-state index contributed by atoms with van der Waals surface area (Å²) < 4.78 is 5.55. The van der Waals surface area contributed by atoms with Gasteiger partial charge < -0.3 is 9.42 Å². The van der Waals surface area contributed by atoms with Crippen LogP contribution in [0.25, 0.3) is 11.4 Å². The third kappa shape index (κ3) is 3.50. The summed E-state index contributed by atoms with van der Waals surface area (Å²) in [6.45, 7) is 10.2. The lowest BCUT2D eigenvalue weighted by Gasteiger charge is -2.36. The van der Waals surface area contributed by atoms with E-state index < -0.39 is 0 Å². The number of rotatable bonds is 4. The first-order valence-electron chi connectivity index (χ1n) is 8.92. The average Bonchev–Trinajstić information content (AvgIpc) is 3.31. The second kappa shape index (κ2) is 7.17. The highest BCUT2D eigenvalue weighted by atomic mass is 32.1. The van der Waals surface area contributed by atoms with Crippen molar-refractivity contribution in [1.29, 1.82) is 0 Å². The van der Waals surface area contributed by atoms with Crippen molar-refractivity contribution in [2.75, 3.05) is 31.1 Å². The molecule has 1 fully saturated rings. The summed E-state index contributed by atoms with van der Waals surface area (Å²) in [6.07, 6.45) is 1.94. The molecule has 0 aliphatic carbocycles. The molecule has 1 saturated heterocycles. The molecule has 2 aromatic heterocycles. The van der Waals surface area contributed by atoms with Crippen LogP contribution in [0.4, 0.5) is 5.13 Å². The van der Waals surface area contributed by atoms with E-state index in [1.54, 1.807) is 11.3 Å². The molecule has 1 unspecified atom stereocenters.